The quantitative estimate of drug-likeness (QED) is 0.745. The second kappa shape index (κ2) is 4.83. The summed E-state index contributed by atoms with van der Waals surface area (Å²) in [5, 5.41) is 0.950. The van der Waals surface area contributed by atoms with Gasteiger partial charge in [0.25, 0.3) is 0 Å². The van der Waals surface area contributed by atoms with Gasteiger partial charge in [-0.05, 0) is 19.1 Å². The van der Waals surface area contributed by atoms with Gasteiger partial charge < -0.3 is 4.74 Å². The van der Waals surface area contributed by atoms with Gasteiger partial charge in [0.15, 0.2) is 0 Å². The van der Waals surface area contributed by atoms with Gasteiger partial charge in [-0.1, -0.05) is 47.5 Å². The Kier molecular flexibility index (Phi) is 3.99. The summed E-state index contributed by atoms with van der Waals surface area (Å²) in [6, 6.07) is 8.16. The molecule has 0 saturated heterocycles. The number of hydrogen-bond donors (Lipinski definition) is 0. The molecule has 0 amide bonds. The molecule has 14 heavy (non-hydrogen) atoms. The van der Waals surface area contributed by atoms with Crippen LogP contribution in [0.25, 0.3) is 0 Å². The molecule has 0 aliphatic heterocycles. The smallest absolute Gasteiger partial charge is 0.119 e. The number of ether oxygens (including phenoxy) is 1. The highest BCUT2D eigenvalue weighted by atomic mass is 79.9. The van der Waals surface area contributed by atoms with Gasteiger partial charge in [-0.15, -0.1) is 0 Å². The Bertz CT molecular complexity index is 277. The summed E-state index contributed by atoms with van der Waals surface area (Å²) in [5.74, 6) is 0.949. The first-order valence-corrected chi connectivity index (χ1v) is 5.91. The summed E-state index contributed by atoms with van der Waals surface area (Å²) in [5.41, 5.74) is 1.45. The lowest BCUT2D eigenvalue weighted by molar-refractivity contribution is 0.203. The molecule has 0 aromatic heterocycles. The van der Waals surface area contributed by atoms with Crippen molar-refractivity contribution >= 4 is 15.9 Å². The van der Waals surface area contributed by atoms with E-state index in [0.29, 0.717) is 0 Å². The molecule has 1 aromatic rings. The maximum atomic E-state index is 5.69. The van der Waals surface area contributed by atoms with Crippen molar-refractivity contribution in [3.8, 4) is 5.75 Å². The van der Waals surface area contributed by atoms with E-state index in [2.05, 4.69) is 48.8 Å². The Morgan fingerprint density at radius 2 is 1.79 bits per heavy atom. The van der Waals surface area contributed by atoms with Gasteiger partial charge in [0.1, 0.15) is 5.75 Å². The second-order valence-corrected chi connectivity index (χ2v) is 4.96. The first kappa shape index (κ1) is 11.6. The molecule has 0 N–H and O–H groups in total. The number of benzene rings is 1. The van der Waals surface area contributed by atoms with E-state index in [1.807, 2.05) is 12.1 Å². The highest BCUT2D eigenvalue weighted by Gasteiger charge is 2.16. The Morgan fingerprint density at radius 3 is 2.29 bits per heavy atom. The minimum atomic E-state index is 0.185. The van der Waals surface area contributed by atoms with E-state index < -0.39 is 0 Å². The van der Waals surface area contributed by atoms with Crippen molar-refractivity contribution in [2.24, 2.45) is 5.41 Å². The van der Waals surface area contributed by atoms with Crippen LogP contribution in [-0.2, 0) is 0 Å². The molecule has 0 heterocycles. The minimum Gasteiger partial charge on any atom is -0.493 e. The van der Waals surface area contributed by atoms with Crippen molar-refractivity contribution in [2.75, 3.05) is 11.9 Å². The fourth-order valence-electron chi connectivity index (χ4n) is 0.952. The molecule has 1 nitrogen and oxygen atoms in total. The van der Waals surface area contributed by atoms with Gasteiger partial charge in [-0.2, -0.15) is 0 Å². The van der Waals surface area contributed by atoms with Crippen LogP contribution in [0.5, 0.6) is 5.75 Å². The minimum absolute atomic E-state index is 0.185. The van der Waals surface area contributed by atoms with Crippen LogP contribution in [0.1, 0.15) is 19.4 Å². The summed E-state index contributed by atoms with van der Waals surface area (Å²) in [7, 11) is 0. The van der Waals surface area contributed by atoms with E-state index in [4.69, 9.17) is 4.74 Å². The molecule has 0 fully saturated rings. The molecular weight excluding hydrogens is 240 g/mol. The maximum absolute atomic E-state index is 5.69. The topological polar surface area (TPSA) is 9.23 Å². The Balaban J connectivity index is 2.50. The van der Waals surface area contributed by atoms with Crippen LogP contribution in [0.3, 0.4) is 0 Å². The molecule has 0 bridgehead atoms. The lowest BCUT2D eigenvalue weighted by atomic mass is 9.98. The lowest BCUT2D eigenvalue weighted by Gasteiger charge is -2.21. The molecule has 0 radical (unpaired) electrons. The molecule has 1 aromatic carbocycles. The predicted molar refractivity (Wildman–Crippen MR) is 64.2 cm³/mol. The van der Waals surface area contributed by atoms with Gasteiger partial charge in [-0.3, -0.25) is 0 Å². The molecule has 1 rings (SSSR count). The van der Waals surface area contributed by atoms with E-state index in [1.165, 1.54) is 5.56 Å². The molecule has 0 atom stereocenters. The number of hydrogen-bond acceptors (Lipinski definition) is 1. The number of halogens is 1. The second-order valence-electron chi connectivity index (χ2n) is 4.40. The Morgan fingerprint density at radius 1 is 1.21 bits per heavy atom. The molecule has 0 spiro atoms. The average Bonchev–Trinajstić information content (AvgIpc) is 2.17. The molecule has 78 valence electrons. The summed E-state index contributed by atoms with van der Waals surface area (Å²) >= 11 is 3.48. The van der Waals surface area contributed by atoms with Crippen molar-refractivity contribution in [3.05, 3.63) is 29.8 Å². The molecular formula is C12H17BrO. The van der Waals surface area contributed by atoms with Crippen LogP contribution in [0.15, 0.2) is 24.3 Å². The van der Waals surface area contributed by atoms with Crippen LogP contribution >= 0.6 is 15.9 Å². The third-order valence-electron chi connectivity index (χ3n) is 2.01. The van der Waals surface area contributed by atoms with Crippen molar-refractivity contribution in [3.63, 3.8) is 0 Å². The zero-order valence-corrected chi connectivity index (χ0v) is 10.6. The van der Waals surface area contributed by atoms with Crippen LogP contribution in [0, 0.1) is 12.3 Å². The normalized spacial score (nSPS) is 11.4. The van der Waals surface area contributed by atoms with Crippen molar-refractivity contribution < 1.29 is 4.74 Å². The van der Waals surface area contributed by atoms with Gasteiger partial charge in [0.05, 0.1) is 6.61 Å². The zero-order valence-electron chi connectivity index (χ0n) is 9.01. The SMILES string of the molecule is Cc1ccc(OCC(C)(C)CBr)cc1. The predicted octanol–water partition coefficient (Wildman–Crippen LogP) is 3.79. The van der Waals surface area contributed by atoms with Crippen LogP contribution in [0.4, 0.5) is 0 Å². The van der Waals surface area contributed by atoms with E-state index in [0.717, 1.165) is 17.7 Å². The molecule has 0 aliphatic carbocycles. The van der Waals surface area contributed by atoms with Gasteiger partial charge in [0, 0.05) is 10.7 Å². The summed E-state index contributed by atoms with van der Waals surface area (Å²) in [6.45, 7) is 7.17. The Labute approximate surface area is 94.6 Å². The third-order valence-corrected chi connectivity index (χ3v) is 3.53. The van der Waals surface area contributed by atoms with Crippen molar-refractivity contribution in [1.29, 1.82) is 0 Å². The fourth-order valence-corrected chi connectivity index (χ4v) is 1.11. The summed E-state index contributed by atoms with van der Waals surface area (Å²) < 4.78 is 5.69. The summed E-state index contributed by atoms with van der Waals surface area (Å²) in [4.78, 5) is 0. The van der Waals surface area contributed by atoms with Gasteiger partial charge >= 0.3 is 0 Å². The van der Waals surface area contributed by atoms with Crippen molar-refractivity contribution in [2.45, 2.75) is 20.8 Å². The van der Waals surface area contributed by atoms with E-state index in [1.54, 1.807) is 0 Å². The number of aryl methyl sites for hydroxylation is 1. The third kappa shape index (κ3) is 3.70. The van der Waals surface area contributed by atoms with Crippen LogP contribution in [-0.4, -0.2) is 11.9 Å². The molecule has 0 unspecified atom stereocenters. The largest absolute Gasteiger partial charge is 0.493 e. The Hall–Kier alpha value is -0.500. The van der Waals surface area contributed by atoms with Gasteiger partial charge in [-0.25, -0.2) is 0 Å². The fraction of sp³-hybridized carbons (Fsp3) is 0.500. The van der Waals surface area contributed by atoms with Gasteiger partial charge in [0.2, 0.25) is 0 Å². The zero-order chi connectivity index (χ0) is 10.6. The monoisotopic (exact) mass is 256 g/mol. The summed E-state index contributed by atoms with van der Waals surface area (Å²) in [6.07, 6.45) is 0. The number of rotatable bonds is 4. The van der Waals surface area contributed by atoms with Crippen molar-refractivity contribution in [1.82, 2.24) is 0 Å². The average molecular weight is 257 g/mol. The number of alkyl halides is 1. The highest BCUT2D eigenvalue weighted by Crippen LogP contribution is 2.20. The van der Waals surface area contributed by atoms with Crippen LogP contribution < -0.4 is 4.74 Å². The highest BCUT2D eigenvalue weighted by molar-refractivity contribution is 9.09. The van der Waals surface area contributed by atoms with E-state index >= 15 is 0 Å². The van der Waals surface area contributed by atoms with Crippen LogP contribution in [0.2, 0.25) is 0 Å². The maximum Gasteiger partial charge on any atom is 0.119 e. The molecule has 0 aliphatic rings. The molecule has 2 heteroatoms. The first-order chi connectivity index (χ1) is 6.53. The standard InChI is InChI=1S/C12H17BrO/c1-10-4-6-11(7-5-10)14-9-12(2,3)8-13/h4-7H,8-9H2,1-3H3. The molecule has 0 saturated carbocycles. The van der Waals surface area contributed by atoms with E-state index in [9.17, 15) is 0 Å². The van der Waals surface area contributed by atoms with E-state index in [-0.39, 0.29) is 5.41 Å². The lowest BCUT2D eigenvalue weighted by Crippen LogP contribution is -2.22. The first-order valence-electron chi connectivity index (χ1n) is 4.79.